The summed E-state index contributed by atoms with van der Waals surface area (Å²) in [5, 5.41) is 0. The molecule has 0 amide bonds. The number of fused-ring (bicyclic) bond motifs is 5. The number of allylic oxidation sites excluding steroid dienone is 4. The zero-order chi connectivity index (χ0) is 14.6. The summed E-state index contributed by atoms with van der Waals surface area (Å²) in [6.45, 7) is 4.97. The molecule has 0 spiro atoms. The topological polar surface area (TPSA) is 17.1 Å². The van der Waals surface area contributed by atoms with Gasteiger partial charge in [0.25, 0.3) is 0 Å². The molecular formula is C20H28O. The molecule has 6 atom stereocenters. The van der Waals surface area contributed by atoms with Gasteiger partial charge in [0, 0.05) is 6.42 Å². The molecular weight excluding hydrogens is 256 g/mol. The minimum absolute atomic E-state index is 0.344. The van der Waals surface area contributed by atoms with E-state index in [4.69, 9.17) is 0 Å². The first-order valence-electron chi connectivity index (χ1n) is 9.06. The van der Waals surface area contributed by atoms with Gasteiger partial charge in [-0.05, 0) is 78.8 Å². The highest BCUT2D eigenvalue weighted by Crippen LogP contribution is 2.62. The molecule has 2 fully saturated rings. The van der Waals surface area contributed by atoms with E-state index < -0.39 is 0 Å². The minimum atomic E-state index is 0.344. The average Bonchev–Trinajstić information content (AvgIpc) is 2.83. The Labute approximate surface area is 128 Å². The van der Waals surface area contributed by atoms with E-state index in [-0.39, 0.29) is 0 Å². The van der Waals surface area contributed by atoms with Gasteiger partial charge in [-0.25, -0.2) is 0 Å². The second-order valence-electron chi connectivity index (χ2n) is 8.19. The van der Waals surface area contributed by atoms with E-state index in [0.29, 0.717) is 17.1 Å². The number of carbonyl (C=O) groups is 1. The van der Waals surface area contributed by atoms with Crippen molar-refractivity contribution in [2.45, 2.75) is 58.8 Å². The summed E-state index contributed by atoms with van der Waals surface area (Å²) in [5.74, 6) is 4.48. The Morgan fingerprint density at radius 1 is 1.24 bits per heavy atom. The third-order valence-electron chi connectivity index (χ3n) is 7.56. The minimum Gasteiger partial charge on any atom is -0.295 e. The molecule has 114 valence electrons. The van der Waals surface area contributed by atoms with Gasteiger partial charge in [-0.2, -0.15) is 0 Å². The van der Waals surface area contributed by atoms with Crippen molar-refractivity contribution in [3.05, 3.63) is 23.8 Å². The van der Waals surface area contributed by atoms with Crippen LogP contribution in [0.25, 0.3) is 0 Å². The lowest BCUT2D eigenvalue weighted by Gasteiger charge is -2.52. The van der Waals surface area contributed by atoms with Gasteiger partial charge in [-0.3, -0.25) is 4.79 Å². The van der Waals surface area contributed by atoms with Crippen LogP contribution in [-0.4, -0.2) is 5.78 Å². The molecule has 0 N–H and O–H groups in total. The summed E-state index contributed by atoms with van der Waals surface area (Å²) in [7, 11) is 0. The van der Waals surface area contributed by atoms with Crippen molar-refractivity contribution in [2.75, 3.05) is 0 Å². The molecule has 6 unspecified atom stereocenters. The van der Waals surface area contributed by atoms with Crippen molar-refractivity contribution >= 4 is 5.78 Å². The molecule has 4 rings (SSSR count). The Balaban J connectivity index is 1.67. The fraction of sp³-hybridized carbons (Fsp3) is 0.750. The van der Waals surface area contributed by atoms with Crippen LogP contribution < -0.4 is 0 Å². The number of hydrogen-bond acceptors (Lipinski definition) is 1. The first-order chi connectivity index (χ1) is 10.1. The van der Waals surface area contributed by atoms with Crippen molar-refractivity contribution in [1.82, 2.24) is 0 Å². The van der Waals surface area contributed by atoms with Gasteiger partial charge in [0.15, 0.2) is 5.78 Å². The first-order valence-corrected chi connectivity index (χ1v) is 9.06. The van der Waals surface area contributed by atoms with Crippen LogP contribution in [0.5, 0.6) is 0 Å². The molecule has 2 saturated carbocycles. The van der Waals surface area contributed by atoms with Crippen molar-refractivity contribution in [3.8, 4) is 0 Å². The van der Waals surface area contributed by atoms with E-state index in [1.165, 1.54) is 37.7 Å². The lowest BCUT2D eigenvalue weighted by Crippen LogP contribution is -2.44. The Hall–Kier alpha value is -0.850. The van der Waals surface area contributed by atoms with Gasteiger partial charge in [-0.1, -0.05) is 32.4 Å². The zero-order valence-electron chi connectivity index (χ0n) is 13.5. The van der Waals surface area contributed by atoms with E-state index in [1.54, 1.807) is 0 Å². The third-order valence-corrected chi connectivity index (χ3v) is 7.56. The highest BCUT2D eigenvalue weighted by Gasteiger charge is 2.54. The predicted octanol–water partition coefficient (Wildman–Crippen LogP) is 4.93. The summed E-state index contributed by atoms with van der Waals surface area (Å²) in [4.78, 5) is 11.7. The van der Waals surface area contributed by atoms with Gasteiger partial charge in [0.1, 0.15) is 0 Å². The summed E-state index contributed by atoms with van der Waals surface area (Å²) >= 11 is 0. The Kier molecular flexibility index (Phi) is 3.17. The molecule has 21 heavy (non-hydrogen) atoms. The maximum Gasteiger partial charge on any atom is 0.155 e. The van der Waals surface area contributed by atoms with Crippen LogP contribution in [0.15, 0.2) is 23.8 Å². The van der Waals surface area contributed by atoms with Gasteiger partial charge in [0.05, 0.1) is 0 Å². The highest BCUT2D eigenvalue weighted by atomic mass is 16.1. The van der Waals surface area contributed by atoms with Crippen LogP contribution in [-0.2, 0) is 4.79 Å². The third kappa shape index (κ3) is 1.92. The van der Waals surface area contributed by atoms with Gasteiger partial charge < -0.3 is 0 Å². The fourth-order valence-corrected chi connectivity index (χ4v) is 6.43. The monoisotopic (exact) mass is 284 g/mol. The number of carbonyl (C=O) groups excluding carboxylic acids is 1. The van der Waals surface area contributed by atoms with Crippen LogP contribution >= 0.6 is 0 Å². The number of rotatable bonds is 1. The lowest BCUT2D eigenvalue weighted by molar-refractivity contribution is -0.115. The Morgan fingerprint density at radius 2 is 2.10 bits per heavy atom. The smallest absolute Gasteiger partial charge is 0.155 e. The maximum absolute atomic E-state index is 11.7. The molecule has 0 bridgehead atoms. The molecule has 0 radical (unpaired) electrons. The molecule has 0 heterocycles. The first kappa shape index (κ1) is 13.8. The molecule has 0 aliphatic heterocycles. The van der Waals surface area contributed by atoms with E-state index in [9.17, 15) is 4.79 Å². The van der Waals surface area contributed by atoms with E-state index >= 15 is 0 Å². The second-order valence-corrected chi connectivity index (χ2v) is 8.19. The Morgan fingerprint density at radius 3 is 2.90 bits per heavy atom. The zero-order valence-corrected chi connectivity index (χ0v) is 13.5. The molecule has 1 heteroatoms. The molecule has 0 aromatic rings. The van der Waals surface area contributed by atoms with Crippen molar-refractivity contribution in [1.29, 1.82) is 0 Å². The maximum atomic E-state index is 11.7. The van der Waals surface area contributed by atoms with Crippen molar-refractivity contribution in [3.63, 3.8) is 0 Å². The molecule has 4 aliphatic rings. The predicted molar refractivity (Wildman–Crippen MR) is 85.8 cm³/mol. The van der Waals surface area contributed by atoms with Crippen LogP contribution in [0.4, 0.5) is 0 Å². The SMILES string of the molecule is CCC1CCC2C3C=CC4=CC(=O)CCC4C3CCC12C. The molecule has 4 aliphatic carbocycles. The summed E-state index contributed by atoms with van der Waals surface area (Å²) in [6, 6.07) is 0. The van der Waals surface area contributed by atoms with Crippen molar-refractivity contribution < 1.29 is 4.79 Å². The summed E-state index contributed by atoms with van der Waals surface area (Å²) in [5.41, 5.74) is 1.94. The van der Waals surface area contributed by atoms with Gasteiger partial charge >= 0.3 is 0 Å². The largest absolute Gasteiger partial charge is 0.295 e. The van der Waals surface area contributed by atoms with Crippen LogP contribution in [0.2, 0.25) is 0 Å². The second kappa shape index (κ2) is 4.83. The fourth-order valence-electron chi connectivity index (χ4n) is 6.43. The van der Waals surface area contributed by atoms with E-state index in [0.717, 1.165) is 36.5 Å². The van der Waals surface area contributed by atoms with Crippen LogP contribution in [0, 0.1) is 35.0 Å². The molecule has 0 saturated heterocycles. The summed E-state index contributed by atoms with van der Waals surface area (Å²) in [6.07, 6.45) is 15.7. The number of hydrogen-bond donors (Lipinski definition) is 0. The normalized spacial score (nSPS) is 48.4. The average molecular weight is 284 g/mol. The van der Waals surface area contributed by atoms with E-state index in [2.05, 4.69) is 26.0 Å². The standard InChI is InChI=1S/C20H28O/c1-3-14-5-9-19-18-7-4-13-12-15(21)6-8-16(13)17(18)10-11-20(14,19)2/h4,7,12,14,16-19H,3,5-6,8-11H2,1-2H3. The summed E-state index contributed by atoms with van der Waals surface area (Å²) < 4.78 is 0. The molecule has 0 aromatic carbocycles. The molecule has 0 aromatic heterocycles. The van der Waals surface area contributed by atoms with Gasteiger partial charge in [0.2, 0.25) is 0 Å². The quantitative estimate of drug-likeness (QED) is 0.667. The van der Waals surface area contributed by atoms with Crippen LogP contribution in [0.1, 0.15) is 58.8 Å². The lowest BCUT2D eigenvalue weighted by atomic mass is 9.53. The highest BCUT2D eigenvalue weighted by molar-refractivity contribution is 5.91. The van der Waals surface area contributed by atoms with E-state index in [1.807, 2.05) is 6.08 Å². The molecule has 1 nitrogen and oxygen atoms in total. The number of ketones is 1. The van der Waals surface area contributed by atoms with Crippen molar-refractivity contribution in [2.24, 2.45) is 35.0 Å². The van der Waals surface area contributed by atoms with Gasteiger partial charge in [-0.15, -0.1) is 0 Å². The van der Waals surface area contributed by atoms with Crippen LogP contribution in [0.3, 0.4) is 0 Å². The Bertz CT molecular complexity index is 514.